The molecular formula is C24H18N2O2. The molecule has 4 aromatic rings. The van der Waals surface area contributed by atoms with Gasteiger partial charge in [-0.2, -0.15) is 0 Å². The van der Waals surface area contributed by atoms with Crippen LogP contribution in [0.2, 0.25) is 0 Å². The van der Waals surface area contributed by atoms with Crippen LogP contribution in [0, 0.1) is 0 Å². The Morgan fingerprint density at radius 3 is 1.25 bits per heavy atom. The first-order valence-electron chi connectivity index (χ1n) is 8.89. The highest BCUT2D eigenvalue weighted by molar-refractivity contribution is 6.12. The van der Waals surface area contributed by atoms with E-state index in [-0.39, 0.29) is 11.5 Å². The van der Waals surface area contributed by atoms with Crippen LogP contribution < -0.4 is 0 Å². The Morgan fingerprint density at radius 1 is 0.500 bits per heavy atom. The van der Waals surface area contributed by atoms with Crippen molar-refractivity contribution in [2.45, 2.75) is 0 Å². The molecule has 2 N–H and O–H groups in total. The molecule has 0 unspecified atom stereocenters. The second kappa shape index (κ2) is 7.76. The van der Waals surface area contributed by atoms with E-state index in [0.29, 0.717) is 11.1 Å². The van der Waals surface area contributed by atoms with E-state index in [2.05, 4.69) is 9.98 Å². The maximum atomic E-state index is 10.6. The first kappa shape index (κ1) is 17.5. The molecule has 0 radical (unpaired) electrons. The lowest BCUT2D eigenvalue weighted by Crippen LogP contribution is -1.93. The maximum absolute atomic E-state index is 10.6. The van der Waals surface area contributed by atoms with Gasteiger partial charge in [-0.05, 0) is 35.0 Å². The van der Waals surface area contributed by atoms with E-state index in [1.165, 1.54) is 0 Å². The summed E-state index contributed by atoms with van der Waals surface area (Å²) in [5, 5.41) is 22.9. The van der Waals surface area contributed by atoms with Crippen LogP contribution in [0.4, 0.5) is 11.4 Å². The van der Waals surface area contributed by atoms with Gasteiger partial charge in [-0.1, -0.05) is 60.7 Å². The third-order valence-electron chi connectivity index (χ3n) is 4.44. The summed E-state index contributed by atoms with van der Waals surface area (Å²) in [6, 6.07) is 26.4. The topological polar surface area (TPSA) is 65.2 Å². The fraction of sp³-hybridized carbons (Fsp3) is 0. The molecule has 0 spiro atoms. The van der Waals surface area contributed by atoms with Crippen molar-refractivity contribution in [2.24, 2.45) is 9.98 Å². The van der Waals surface area contributed by atoms with E-state index in [0.717, 1.165) is 22.1 Å². The van der Waals surface area contributed by atoms with Crippen LogP contribution in [0.3, 0.4) is 0 Å². The monoisotopic (exact) mass is 366 g/mol. The van der Waals surface area contributed by atoms with Crippen LogP contribution >= 0.6 is 0 Å². The third kappa shape index (κ3) is 3.48. The Morgan fingerprint density at radius 2 is 0.857 bits per heavy atom. The van der Waals surface area contributed by atoms with E-state index in [1.54, 1.807) is 12.4 Å². The highest BCUT2D eigenvalue weighted by atomic mass is 16.3. The predicted octanol–water partition coefficient (Wildman–Crippen LogP) is 5.75. The molecular weight excluding hydrogens is 348 g/mol. The normalized spacial score (nSPS) is 11.6. The Balaban J connectivity index is 1.84. The van der Waals surface area contributed by atoms with Gasteiger partial charge in [-0.3, -0.25) is 9.98 Å². The number of para-hydroxylation sites is 2. The van der Waals surface area contributed by atoms with Crippen molar-refractivity contribution < 1.29 is 10.2 Å². The molecule has 0 amide bonds. The Kier molecular flexibility index (Phi) is 4.85. The Labute approximate surface area is 162 Å². The van der Waals surface area contributed by atoms with Crippen molar-refractivity contribution in [3.63, 3.8) is 0 Å². The van der Waals surface area contributed by atoms with Gasteiger partial charge in [0.2, 0.25) is 0 Å². The van der Waals surface area contributed by atoms with Gasteiger partial charge in [-0.25, -0.2) is 0 Å². The number of aromatic hydroxyl groups is 2. The summed E-state index contributed by atoms with van der Waals surface area (Å²) in [6.45, 7) is 0. The second-order valence-electron chi connectivity index (χ2n) is 6.26. The second-order valence-corrected chi connectivity index (χ2v) is 6.26. The van der Waals surface area contributed by atoms with Gasteiger partial charge in [0.05, 0.1) is 11.4 Å². The van der Waals surface area contributed by atoms with Gasteiger partial charge in [0.25, 0.3) is 0 Å². The Bertz CT molecular complexity index is 1070. The molecule has 0 saturated heterocycles. The average Bonchev–Trinajstić information content (AvgIpc) is 2.75. The molecule has 28 heavy (non-hydrogen) atoms. The van der Waals surface area contributed by atoms with Gasteiger partial charge >= 0.3 is 0 Å². The number of benzene rings is 4. The summed E-state index contributed by atoms with van der Waals surface area (Å²) >= 11 is 0. The molecule has 0 aliphatic carbocycles. The molecule has 4 heteroatoms. The lowest BCUT2D eigenvalue weighted by molar-refractivity contribution is 0.404. The van der Waals surface area contributed by atoms with Gasteiger partial charge in [0.15, 0.2) is 11.5 Å². The first-order valence-corrected chi connectivity index (χ1v) is 8.89. The molecule has 0 bridgehead atoms. The molecule has 0 aromatic heterocycles. The van der Waals surface area contributed by atoms with E-state index < -0.39 is 0 Å². The number of hydrogen-bond acceptors (Lipinski definition) is 4. The van der Waals surface area contributed by atoms with E-state index in [1.807, 2.05) is 84.9 Å². The number of phenolic OH excluding ortho intramolecular Hbond substituents is 2. The van der Waals surface area contributed by atoms with Crippen molar-refractivity contribution in [3.8, 4) is 11.5 Å². The van der Waals surface area contributed by atoms with Crippen molar-refractivity contribution in [1.29, 1.82) is 0 Å². The van der Waals surface area contributed by atoms with Gasteiger partial charge in [0.1, 0.15) is 0 Å². The lowest BCUT2D eigenvalue weighted by atomic mass is 9.98. The summed E-state index contributed by atoms with van der Waals surface area (Å²) in [4.78, 5) is 8.84. The summed E-state index contributed by atoms with van der Waals surface area (Å²) in [6.07, 6.45) is 3.15. The number of fused-ring (bicyclic) bond motifs is 1. The molecule has 4 nitrogen and oxygen atoms in total. The van der Waals surface area contributed by atoms with Crippen LogP contribution in [0.5, 0.6) is 11.5 Å². The summed E-state index contributed by atoms with van der Waals surface area (Å²) in [7, 11) is 0. The van der Waals surface area contributed by atoms with Crippen molar-refractivity contribution >= 4 is 34.6 Å². The number of hydrogen-bond donors (Lipinski definition) is 2. The highest BCUT2D eigenvalue weighted by Gasteiger charge is 2.16. The standard InChI is InChI=1S/C24H18N2O2/c27-23-21(15-25-17-9-3-1-4-10-17)19-13-7-8-14-20(19)22(24(23)28)16-26-18-11-5-2-6-12-18/h1-16,27-28H. The van der Waals surface area contributed by atoms with E-state index in [4.69, 9.17) is 0 Å². The molecule has 0 heterocycles. The third-order valence-corrected chi connectivity index (χ3v) is 4.44. The molecule has 0 atom stereocenters. The zero-order valence-electron chi connectivity index (χ0n) is 15.0. The maximum Gasteiger partial charge on any atom is 0.167 e. The fourth-order valence-electron chi connectivity index (χ4n) is 3.03. The SMILES string of the molecule is Oc1c(O)c(C=Nc2ccccc2)c2ccccc2c1C=Nc1ccccc1. The van der Waals surface area contributed by atoms with Crippen molar-refractivity contribution in [2.75, 3.05) is 0 Å². The first-order chi connectivity index (χ1) is 13.7. The molecule has 136 valence electrons. The Hall–Kier alpha value is -3.92. The smallest absolute Gasteiger partial charge is 0.167 e. The molecule has 4 rings (SSSR count). The molecule has 0 aliphatic rings. The van der Waals surface area contributed by atoms with Gasteiger partial charge in [-0.15, -0.1) is 0 Å². The average molecular weight is 366 g/mol. The molecule has 0 aliphatic heterocycles. The zero-order chi connectivity index (χ0) is 19.3. The summed E-state index contributed by atoms with van der Waals surface area (Å²) in [5.41, 5.74) is 2.46. The number of aliphatic imine (C=N–C) groups is 2. The number of phenols is 2. The van der Waals surface area contributed by atoms with Crippen LogP contribution in [-0.4, -0.2) is 22.6 Å². The van der Waals surface area contributed by atoms with Gasteiger partial charge in [0, 0.05) is 23.6 Å². The van der Waals surface area contributed by atoms with E-state index in [9.17, 15) is 10.2 Å². The largest absolute Gasteiger partial charge is 0.504 e. The molecule has 0 fully saturated rings. The van der Waals surface area contributed by atoms with Crippen LogP contribution in [0.25, 0.3) is 10.8 Å². The van der Waals surface area contributed by atoms with Crippen molar-refractivity contribution in [3.05, 3.63) is 96.1 Å². The van der Waals surface area contributed by atoms with Crippen LogP contribution in [0.1, 0.15) is 11.1 Å². The fourth-order valence-corrected chi connectivity index (χ4v) is 3.03. The van der Waals surface area contributed by atoms with Crippen LogP contribution in [0.15, 0.2) is 94.9 Å². The quantitative estimate of drug-likeness (QED) is 0.357. The molecule has 0 saturated carbocycles. The minimum absolute atomic E-state index is 0.215. The van der Waals surface area contributed by atoms with Crippen molar-refractivity contribution in [1.82, 2.24) is 0 Å². The van der Waals surface area contributed by atoms with E-state index >= 15 is 0 Å². The zero-order valence-corrected chi connectivity index (χ0v) is 15.0. The highest BCUT2D eigenvalue weighted by Crippen LogP contribution is 2.39. The lowest BCUT2D eigenvalue weighted by Gasteiger charge is -2.11. The minimum Gasteiger partial charge on any atom is -0.504 e. The number of nitrogens with zero attached hydrogens (tertiary/aromatic N) is 2. The molecule has 4 aromatic carbocycles. The predicted molar refractivity (Wildman–Crippen MR) is 115 cm³/mol. The number of rotatable bonds is 4. The minimum atomic E-state index is -0.215. The summed E-state index contributed by atoms with van der Waals surface area (Å²) in [5.74, 6) is -0.430. The van der Waals surface area contributed by atoms with Crippen LogP contribution in [-0.2, 0) is 0 Å². The summed E-state index contributed by atoms with van der Waals surface area (Å²) < 4.78 is 0. The van der Waals surface area contributed by atoms with Gasteiger partial charge < -0.3 is 10.2 Å².